The highest BCUT2D eigenvalue weighted by molar-refractivity contribution is 5.72. The van der Waals surface area contributed by atoms with Gasteiger partial charge in [-0.15, -0.1) is 0 Å². The van der Waals surface area contributed by atoms with Gasteiger partial charge >= 0.3 is 17.9 Å². The number of carboxylic acids is 1. The first kappa shape index (κ1) is 53.7. The molecule has 0 amide bonds. The van der Waals surface area contributed by atoms with Crippen LogP contribution in [-0.2, 0) is 28.6 Å². The molecule has 0 heterocycles. The molecule has 0 spiro atoms. The van der Waals surface area contributed by atoms with Gasteiger partial charge in [-0.3, -0.25) is 9.59 Å². The normalized spacial score (nSPS) is 14.2. The van der Waals surface area contributed by atoms with Crippen molar-refractivity contribution >= 4 is 17.9 Å². The summed E-state index contributed by atoms with van der Waals surface area (Å²) in [6.07, 6.45) is 55.4. The Hall–Kier alpha value is -4.27. The Morgan fingerprint density at radius 1 is 0.534 bits per heavy atom. The van der Waals surface area contributed by atoms with E-state index in [1.165, 1.54) is 0 Å². The third kappa shape index (κ3) is 37.3. The highest BCUT2D eigenvalue weighted by atomic mass is 16.6. The largest absolute Gasteiger partial charge is 0.477 e. The van der Waals surface area contributed by atoms with Crippen molar-refractivity contribution in [3.05, 3.63) is 122 Å². The summed E-state index contributed by atoms with van der Waals surface area (Å²) in [6, 6.07) is -0.638. The van der Waals surface area contributed by atoms with Crippen molar-refractivity contribution in [1.82, 2.24) is 0 Å². The van der Waals surface area contributed by atoms with E-state index in [0.717, 1.165) is 83.5 Å². The zero-order chi connectivity index (χ0) is 42.8. The molecule has 0 aliphatic carbocycles. The lowest BCUT2D eigenvalue weighted by Gasteiger charge is -2.31. The van der Waals surface area contributed by atoms with E-state index in [2.05, 4.69) is 92.8 Å². The summed E-state index contributed by atoms with van der Waals surface area (Å²) in [5.74, 6) is -1.63. The van der Waals surface area contributed by atoms with Crippen molar-refractivity contribution in [2.75, 3.05) is 41.0 Å². The molecule has 0 saturated heterocycles. The van der Waals surface area contributed by atoms with Crippen LogP contribution in [0.4, 0.5) is 0 Å². The SMILES string of the molecule is CC/C=C/C=C/C=C/C=C/CCCCCCCC(=O)OC(COCCC(C(=O)O)[N+](C)(C)C)COC(=O)CC/C=C/C/C=C/C/C=C/C/C=C/C/C=C/C/C=C/CC. The Morgan fingerprint density at radius 3 is 1.59 bits per heavy atom. The zero-order valence-corrected chi connectivity index (χ0v) is 36.7. The topological polar surface area (TPSA) is 99.1 Å². The van der Waals surface area contributed by atoms with Gasteiger partial charge < -0.3 is 23.8 Å². The molecule has 58 heavy (non-hydrogen) atoms. The molecule has 324 valence electrons. The highest BCUT2D eigenvalue weighted by Crippen LogP contribution is 2.12. The summed E-state index contributed by atoms with van der Waals surface area (Å²) in [4.78, 5) is 36.9. The van der Waals surface area contributed by atoms with E-state index in [9.17, 15) is 19.5 Å². The van der Waals surface area contributed by atoms with Crippen LogP contribution in [0.15, 0.2) is 122 Å². The molecule has 0 aromatic rings. The van der Waals surface area contributed by atoms with Crippen LogP contribution in [0.5, 0.6) is 0 Å². The van der Waals surface area contributed by atoms with Crippen molar-refractivity contribution < 1.29 is 38.2 Å². The molecule has 0 aromatic heterocycles. The first-order chi connectivity index (χ1) is 28.1. The summed E-state index contributed by atoms with van der Waals surface area (Å²) < 4.78 is 17.1. The van der Waals surface area contributed by atoms with Crippen LogP contribution < -0.4 is 0 Å². The number of esters is 2. The van der Waals surface area contributed by atoms with E-state index >= 15 is 0 Å². The van der Waals surface area contributed by atoms with Crippen molar-refractivity contribution in [2.45, 2.75) is 135 Å². The smallest absolute Gasteiger partial charge is 0.362 e. The third-order valence-electron chi connectivity index (χ3n) is 8.71. The fourth-order valence-electron chi connectivity index (χ4n) is 5.42. The van der Waals surface area contributed by atoms with E-state index in [-0.39, 0.29) is 49.1 Å². The molecule has 0 fully saturated rings. The van der Waals surface area contributed by atoms with Crippen molar-refractivity contribution in [3.8, 4) is 0 Å². The second kappa shape index (κ2) is 39.6. The van der Waals surface area contributed by atoms with Gasteiger partial charge in [-0.1, -0.05) is 155 Å². The lowest BCUT2D eigenvalue weighted by molar-refractivity contribution is -0.887. The molecule has 0 aromatic carbocycles. The average molecular weight is 805 g/mol. The number of likely N-dealkylation sites (N-methyl/N-ethyl adjacent to an activating group) is 1. The number of hydrogen-bond acceptors (Lipinski definition) is 6. The van der Waals surface area contributed by atoms with Crippen molar-refractivity contribution in [1.29, 1.82) is 0 Å². The number of unbranched alkanes of at least 4 members (excludes halogenated alkanes) is 5. The van der Waals surface area contributed by atoms with Gasteiger partial charge in [0, 0.05) is 19.3 Å². The van der Waals surface area contributed by atoms with Gasteiger partial charge in [0.1, 0.15) is 6.61 Å². The molecule has 2 unspecified atom stereocenters. The Kier molecular flexibility index (Phi) is 36.6. The maximum atomic E-state index is 12.7. The second-order valence-corrected chi connectivity index (χ2v) is 14.9. The molecular weight excluding hydrogens is 727 g/mol. The number of carbonyl (C=O) groups is 3. The van der Waals surface area contributed by atoms with Gasteiger partial charge in [0.15, 0.2) is 12.1 Å². The predicted molar refractivity (Wildman–Crippen MR) is 242 cm³/mol. The van der Waals surface area contributed by atoms with Crippen LogP contribution in [0.1, 0.15) is 123 Å². The Morgan fingerprint density at radius 2 is 1.03 bits per heavy atom. The van der Waals surface area contributed by atoms with Crippen LogP contribution >= 0.6 is 0 Å². The van der Waals surface area contributed by atoms with Crippen molar-refractivity contribution in [3.63, 3.8) is 0 Å². The van der Waals surface area contributed by atoms with E-state index in [0.29, 0.717) is 12.8 Å². The Balaban J connectivity index is 4.55. The molecule has 1 N–H and O–H groups in total. The monoisotopic (exact) mass is 805 g/mol. The third-order valence-corrected chi connectivity index (χ3v) is 8.71. The summed E-state index contributed by atoms with van der Waals surface area (Å²) in [7, 11) is 5.48. The molecule has 0 aliphatic rings. The van der Waals surface area contributed by atoms with E-state index in [4.69, 9.17) is 14.2 Å². The number of ether oxygens (including phenoxy) is 3. The molecule has 8 heteroatoms. The number of allylic oxidation sites excluding steroid dienone is 20. The minimum absolute atomic E-state index is 0.0184. The van der Waals surface area contributed by atoms with E-state index < -0.39 is 18.1 Å². The lowest BCUT2D eigenvalue weighted by Crippen LogP contribution is -2.50. The Bertz CT molecular complexity index is 1350. The van der Waals surface area contributed by atoms with Crippen LogP contribution in [0.2, 0.25) is 0 Å². The van der Waals surface area contributed by atoms with Gasteiger partial charge in [0.25, 0.3) is 0 Å². The average Bonchev–Trinajstić information content (AvgIpc) is 3.18. The molecule has 0 saturated carbocycles. The molecule has 2 atom stereocenters. The number of carboxylic acid groups (broad SMARTS) is 1. The highest BCUT2D eigenvalue weighted by Gasteiger charge is 2.31. The summed E-state index contributed by atoms with van der Waals surface area (Å²) >= 11 is 0. The molecule has 0 rings (SSSR count). The van der Waals surface area contributed by atoms with Gasteiger partial charge in [0.2, 0.25) is 0 Å². The molecule has 0 aliphatic heterocycles. The molecule has 8 nitrogen and oxygen atoms in total. The van der Waals surface area contributed by atoms with Gasteiger partial charge in [-0.2, -0.15) is 0 Å². The van der Waals surface area contributed by atoms with E-state index in [1.54, 1.807) is 0 Å². The number of quaternary nitrogens is 1. The predicted octanol–water partition coefficient (Wildman–Crippen LogP) is 11.9. The maximum absolute atomic E-state index is 12.7. The van der Waals surface area contributed by atoms with Gasteiger partial charge in [-0.25, -0.2) is 4.79 Å². The molecule has 0 bridgehead atoms. The number of hydrogen-bond donors (Lipinski definition) is 1. The van der Waals surface area contributed by atoms with Gasteiger partial charge in [0.05, 0.1) is 34.4 Å². The van der Waals surface area contributed by atoms with Crippen LogP contribution in [0, 0.1) is 0 Å². The van der Waals surface area contributed by atoms with Crippen LogP contribution in [-0.4, -0.2) is 80.6 Å². The Labute approximate surface area is 352 Å². The van der Waals surface area contributed by atoms with Gasteiger partial charge in [-0.05, 0) is 70.6 Å². The number of carbonyl (C=O) groups excluding carboxylic acids is 2. The minimum atomic E-state index is -0.896. The number of aliphatic carboxylic acids is 1. The number of rotatable bonds is 36. The molecular formula is C50H78NO7+. The standard InChI is InChI=1S/C50H77NO7/c1-6-8-10-12-14-16-18-20-22-23-24-25-27-28-30-32-34-36-38-40-48(52)57-45-46(44-56-43-42-47(50(54)55)51(3,4)5)58-49(53)41-39-37-35-33-31-29-26-21-19-17-15-13-11-9-7-2/h8-11,13-17,19-22,24-26,28,30,34,36,46-47H,6-7,12,18,23,27,29,31-33,35,37-45H2,1-5H3/p+1/b10-8+,11-9+,15-13+,16-14+,19-17+,22-20+,25-24+,26-21+,30-28+,36-34+. The minimum Gasteiger partial charge on any atom is -0.477 e. The summed E-state index contributed by atoms with van der Waals surface area (Å²) in [6.45, 7) is 4.34. The fraction of sp³-hybridized carbons (Fsp3) is 0.540. The fourth-order valence-corrected chi connectivity index (χ4v) is 5.42. The second-order valence-electron chi connectivity index (χ2n) is 14.9. The first-order valence-corrected chi connectivity index (χ1v) is 21.6. The van der Waals surface area contributed by atoms with Crippen molar-refractivity contribution in [2.24, 2.45) is 0 Å². The van der Waals surface area contributed by atoms with E-state index in [1.807, 2.05) is 63.7 Å². The molecule has 0 radical (unpaired) electrons. The first-order valence-electron chi connectivity index (χ1n) is 21.6. The number of nitrogens with zero attached hydrogens (tertiary/aromatic N) is 1. The summed E-state index contributed by atoms with van der Waals surface area (Å²) in [5, 5.41) is 9.62. The quantitative estimate of drug-likeness (QED) is 0.0221. The maximum Gasteiger partial charge on any atom is 0.362 e. The lowest BCUT2D eigenvalue weighted by atomic mass is 10.1. The summed E-state index contributed by atoms with van der Waals surface area (Å²) in [5.41, 5.74) is 0. The van der Waals surface area contributed by atoms with Crippen LogP contribution in [0.3, 0.4) is 0 Å². The zero-order valence-electron chi connectivity index (χ0n) is 36.7. The van der Waals surface area contributed by atoms with Crippen LogP contribution in [0.25, 0.3) is 0 Å².